The minimum absolute atomic E-state index is 1.04. The number of benzene rings is 10. The van der Waals surface area contributed by atoms with Crippen molar-refractivity contribution in [1.82, 2.24) is 0 Å². The molecule has 0 radical (unpaired) electrons. The average Bonchev–Trinajstić information content (AvgIpc) is 3.87. The monoisotopic (exact) mass is 770 g/mol. The van der Waals surface area contributed by atoms with Gasteiger partial charge in [-0.2, -0.15) is 0 Å². The zero-order chi connectivity index (χ0) is 37.9. The fourth-order valence-electron chi connectivity index (χ4n) is 10.2. The molecule has 0 N–H and O–H groups in total. The van der Waals surface area contributed by atoms with Crippen LogP contribution in [0.1, 0.15) is 12.8 Å². The summed E-state index contributed by atoms with van der Waals surface area (Å²) in [5, 5.41) is 18.6. The van der Waals surface area contributed by atoms with E-state index in [1.54, 1.807) is 0 Å². The Morgan fingerprint density at radius 1 is 0.310 bits per heavy atom. The highest BCUT2D eigenvalue weighted by atomic mass is 32.1. The molecule has 0 amide bonds. The predicted molar refractivity (Wildman–Crippen MR) is 256 cm³/mol. The van der Waals surface area contributed by atoms with Crippen LogP contribution >= 0.6 is 22.7 Å². The van der Waals surface area contributed by atoms with Crippen LogP contribution in [0, 0.1) is 0 Å². The quantitative estimate of drug-likeness (QED) is 0.168. The third kappa shape index (κ3) is 4.56. The molecule has 2 heteroatoms. The molecule has 2 aromatic heterocycles. The highest BCUT2D eigenvalue weighted by Gasteiger charge is 2.22. The standard InChI is InChI=1S/C56H34S2/c1-2-16-34-33(14-1)15-13-25-39(34)52-40-20-5-7-22-42(40)53(43-23-8-6-21-41(43)52)44-29-28-37(35-17-3-4-18-36(35)44)48-32-49-45(54-47-24-10-12-27-51(47)58-56(48)54)30-31-46-38-19-9-11-26-50(38)57-55(46)49/h1-5,7,9-32H,6,8H2. The van der Waals surface area contributed by atoms with E-state index in [-0.39, 0.29) is 0 Å². The zero-order valence-corrected chi connectivity index (χ0v) is 33.2. The van der Waals surface area contributed by atoms with Crippen LogP contribution in [-0.2, 0) is 0 Å². The number of fused-ring (bicyclic) bond motifs is 13. The molecule has 0 unspecified atom stereocenters. The number of hydrogen-bond acceptors (Lipinski definition) is 2. The van der Waals surface area contributed by atoms with Crippen molar-refractivity contribution in [2.24, 2.45) is 0 Å². The van der Waals surface area contributed by atoms with Gasteiger partial charge in [-0.1, -0.05) is 164 Å². The molecule has 0 saturated heterocycles. The molecule has 1 aliphatic carbocycles. The van der Waals surface area contributed by atoms with Crippen molar-refractivity contribution < 1.29 is 0 Å². The van der Waals surface area contributed by atoms with E-state index in [1.807, 2.05) is 22.7 Å². The summed E-state index contributed by atoms with van der Waals surface area (Å²) < 4.78 is 5.40. The van der Waals surface area contributed by atoms with Gasteiger partial charge in [0.05, 0.1) is 0 Å². The van der Waals surface area contributed by atoms with E-state index >= 15 is 0 Å². The molecule has 0 bridgehead atoms. The first-order valence-corrected chi connectivity index (χ1v) is 21.9. The van der Waals surface area contributed by atoms with Crippen molar-refractivity contribution in [3.05, 3.63) is 180 Å². The van der Waals surface area contributed by atoms with Crippen molar-refractivity contribution in [3.8, 4) is 33.4 Å². The molecule has 0 atom stereocenters. The summed E-state index contributed by atoms with van der Waals surface area (Å²) in [5.74, 6) is 0. The van der Waals surface area contributed by atoms with Crippen molar-refractivity contribution in [3.63, 3.8) is 0 Å². The second-order valence-corrected chi connectivity index (χ2v) is 17.8. The van der Waals surface area contributed by atoms with Crippen LogP contribution in [0.2, 0.25) is 0 Å². The molecular formula is C56H34S2. The predicted octanol–water partition coefficient (Wildman–Crippen LogP) is 15.4. The molecule has 0 spiro atoms. The molecular weight excluding hydrogens is 737 g/mol. The lowest BCUT2D eigenvalue weighted by molar-refractivity contribution is 1.12. The molecule has 270 valence electrons. The Labute approximate surface area is 342 Å². The van der Waals surface area contributed by atoms with Crippen LogP contribution in [0.4, 0.5) is 0 Å². The van der Waals surface area contributed by atoms with Crippen molar-refractivity contribution >= 4 is 118 Å². The molecule has 58 heavy (non-hydrogen) atoms. The van der Waals surface area contributed by atoms with Gasteiger partial charge in [-0.05, 0) is 107 Å². The summed E-state index contributed by atoms with van der Waals surface area (Å²) in [6.07, 6.45) is 7.09. The topological polar surface area (TPSA) is 0 Å². The van der Waals surface area contributed by atoms with E-state index < -0.39 is 0 Å². The number of thiophene rings is 2. The molecule has 0 aliphatic heterocycles. The zero-order valence-electron chi connectivity index (χ0n) is 31.6. The summed E-state index contributed by atoms with van der Waals surface area (Å²) in [6, 6.07) is 63.9. The maximum absolute atomic E-state index is 2.52. The normalized spacial score (nSPS) is 13.0. The van der Waals surface area contributed by atoms with Crippen molar-refractivity contribution in [1.29, 1.82) is 0 Å². The third-order valence-electron chi connectivity index (χ3n) is 12.7. The van der Waals surface area contributed by atoms with Gasteiger partial charge in [0.2, 0.25) is 0 Å². The van der Waals surface area contributed by atoms with Crippen molar-refractivity contribution in [2.75, 3.05) is 0 Å². The molecule has 1 aliphatic rings. The van der Waals surface area contributed by atoms with E-state index in [9.17, 15) is 0 Å². The van der Waals surface area contributed by atoms with Gasteiger partial charge in [0.25, 0.3) is 0 Å². The van der Waals surface area contributed by atoms with E-state index in [4.69, 9.17) is 0 Å². The van der Waals surface area contributed by atoms with Gasteiger partial charge in [-0.15, -0.1) is 22.7 Å². The Kier molecular flexibility index (Phi) is 6.98. The Balaban J connectivity index is 1.13. The van der Waals surface area contributed by atoms with Gasteiger partial charge < -0.3 is 0 Å². The van der Waals surface area contributed by atoms with Gasteiger partial charge in [0.1, 0.15) is 0 Å². The average molecular weight is 771 g/mol. The molecule has 10 aromatic carbocycles. The third-order valence-corrected chi connectivity index (χ3v) is 15.1. The molecule has 0 nitrogen and oxygen atoms in total. The van der Waals surface area contributed by atoms with Crippen LogP contribution in [-0.4, -0.2) is 0 Å². The van der Waals surface area contributed by atoms with Gasteiger partial charge in [-0.25, -0.2) is 0 Å². The lowest BCUT2D eigenvalue weighted by Crippen LogP contribution is -2.31. The van der Waals surface area contributed by atoms with Crippen LogP contribution in [0.15, 0.2) is 170 Å². The summed E-state index contributed by atoms with van der Waals surface area (Å²) >= 11 is 3.86. The number of rotatable bonds is 3. The molecule has 12 aromatic rings. The maximum Gasteiger partial charge on any atom is 0.0440 e. The molecule has 0 fully saturated rings. The van der Waals surface area contributed by atoms with E-state index in [0.717, 1.165) is 12.8 Å². The highest BCUT2D eigenvalue weighted by molar-refractivity contribution is 7.27. The van der Waals surface area contributed by atoms with Gasteiger partial charge in [0, 0.05) is 51.3 Å². The summed E-state index contributed by atoms with van der Waals surface area (Å²) in [7, 11) is 0. The fourth-order valence-corrected chi connectivity index (χ4v) is 12.7. The lowest BCUT2D eigenvalue weighted by atomic mass is 9.83. The first-order chi connectivity index (χ1) is 28.8. The highest BCUT2D eigenvalue weighted by Crippen LogP contribution is 2.49. The maximum atomic E-state index is 2.52. The van der Waals surface area contributed by atoms with Crippen LogP contribution < -0.4 is 10.4 Å². The SMILES string of the molecule is C1=c2c(-c3cccc4ccccc34)c3ccccc3c(-c3ccc(-c4cc5c(ccc6c7ccccc7sc65)c5c4sc4ccccc45)c4ccccc34)c2=CCC1. The lowest BCUT2D eigenvalue weighted by Gasteiger charge is -2.20. The second-order valence-electron chi connectivity index (χ2n) is 15.7. The van der Waals surface area contributed by atoms with Crippen LogP contribution in [0.5, 0.6) is 0 Å². The second kappa shape index (κ2) is 12.5. The summed E-state index contributed by atoms with van der Waals surface area (Å²) in [5.41, 5.74) is 7.89. The largest absolute Gasteiger partial charge is 0.135 e. The Morgan fingerprint density at radius 3 is 1.57 bits per heavy atom. The minimum Gasteiger partial charge on any atom is -0.135 e. The van der Waals surface area contributed by atoms with Crippen molar-refractivity contribution in [2.45, 2.75) is 12.8 Å². The van der Waals surface area contributed by atoms with E-state index in [2.05, 4.69) is 182 Å². The first-order valence-electron chi connectivity index (χ1n) is 20.2. The number of hydrogen-bond donors (Lipinski definition) is 0. The van der Waals surface area contributed by atoms with Gasteiger partial charge in [0.15, 0.2) is 0 Å². The van der Waals surface area contributed by atoms with Gasteiger partial charge in [-0.3, -0.25) is 0 Å². The van der Waals surface area contributed by atoms with E-state index in [1.165, 1.54) is 127 Å². The van der Waals surface area contributed by atoms with Crippen LogP contribution in [0.3, 0.4) is 0 Å². The smallest absolute Gasteiger partial charge is 0.0440 e. The molecule has 0 saturated carbocycles. The Hall–Kier alpha value is -6.58. The van der Waals surface area contributed by atoms with E-state index in [0.29, 0.717) is 0 Å². The van der Waals surface area contributed by atoms with Gasteiger partial charge >= 0.3 is 0 Å². The minimum atomic E-state index is 1.04. The summed E-state index contributed by atoms with van der Waals surface area (Å²) in [6.45, 7) is 0. The van der Waals surface area contributed by atoms with Crippen LogP contribution in [0.25, 0.3) is 129 Å². The Bertz CT molecular complexity index is 3850. The molecule has 13 rings (SSSR count). The molecule has 2 heterocycles. The first kappa shape index (κ1) is 32.5. The fraction of sp³-hybridized carbons (Fsp3) is 0.0357. The summed E-state index contributed by atoms with van der Waals surface area (Å²) in [4.78, 5) is 0. The Morgan fingerprint density at radius 2 is 0.828 bits per heavy atom.